The van der Waals surface area contributed by atoms with Crippen LogP contribution in [0.5, 0.6) is 0 Å². The first kappa shape index (κ1) is 18.3. The Bertz CT molecular complexity index is 289. The van der Waals surface area contributed by atoms with Gasteiger partial charge in [0.05, 0.1) is 6.42 Å². The number of rotatable bonds is 5. The molecular formula is C8H8F10O. The Morgan fingerprint density at radius 2 is 1.32 bits per heavy atom. The zero-order chi connectivity index (χ0) is 15.7. The smallest absolute Gasteiger partial charge is 0.330 e. The first-order chi connectivity index (χ1) is 8.08. The van der Waals surface area contributed by atoms with Gasteiger partial charge in [-0.2, -0.15) is 30.7 Å². The van der Waals surface area contributed by atoms with Gasteiger partial charge >= 0.3 is 18.2 Å². The Balaban J connectivity index is 5.09. The van der Waals surface area contributed by atoms with Crippen LogP contribution in [0.2, 0.25) is 0 Å². The van der Waals surface area contributed by atoms with Crippen molar-refractivity contribution in [2.24, 2.45) is 0 Å². The van der Waals surface area contributed by atoms with E-state index in [4.69, 9.17) is 0 Å². The van der Waals surface area contributed by atoms with Gasteiger partial charge in [-0.3, -0.25) is 0 Å². The average Bonchev–Trinajstić information content (AvgIpc) is 2.07. The third-order valence-corrected chi connectivity index (χ3v) is 1.74. The van der Waals surface area contributed by atoms with E-state index in [1.165, 1.54) is 0 Å². The fourth-order valence-corrected chi connectivity index (χ4v) is 0.916. The molecule has 0 aliphatic carbocycles. The van der Waals surface area contributed by atoms with Crippen LogP contribution in [0.15, 0.2) is 0 Å². The minimum absolute atomic E-state index is 0.0286. The van der Waals surface area contributed by atoms with Gasteiger partial charge in [-0.25, -0.2) is 13.2 Å². The Hall–Kier alpha value is -0.740. The molecule has 0 rings (SSSR count). The minimum Gasteiger partial charge on any atom is -0.330 e. The molecule has 0 saturated heterocycles. The maximum Gasteiger partial charge on any atom is 0.451 e. The van der Waals surface area contributed by atoms with E-state index in [0.717, 1.165) is 0 Å². The van der Waals surface area contributed by atoms with Crippen molar-refractivity contribution in [2.45, 2.75) is 43.6 Å². The second-order valence-electron chi connectivity index (χ2n) is 3.79. The van der Waals surface area contributed by atoms with E-state index < -0.39 is 43.3 Å². The van der Waals surface area contributed by atoms with Crippen LogP contribution in [0, 0.1) is 0 Å². The standard InChI is InChI=1S/C8H8F10O/c1-5(10,11)3-19-7(15,8(16,17)18)4(9)2-6(12,13)14/h4H,2-3H2,1H3. The van der Waals surface area contributed by atoms with Gasteiger partial charge in [-0.05, 0) is 0 Å². The van der Waals surface area contributed by atoms with Crippen molar-refractivity contribution >= 4 is 0 Å². The van der Waals surface area contributed by atoms with E-state index in [1.807, 2.05) is 0 Å². The highest BCUT2D eigenvalue weighted by Crippen LogP contribution is 2.43. The summed E-state index contributed by atoms with van der Waals surface area (Å²) < 4.78 is 125. The van der Waals surface area contributed by atoms with Gasteiger partial charge in [-0.15, -0.1) is 0 Å². The third kappa shape index (κ3) is 5.83. The maximum atomic E-state index is 13.2. The van der Waals surface area contributed by atoms with Crippen LogP contribution in [0.4, 0.5) is 43.9 Å². The van der Waals surface area contributed by atoms with Crippen molar-refractivity contribution in [3.05, 3.63) is 0 Å². The van der Waals surface area contributed by atoms with E-state index in [-0.39, 0.29) is 6.92 Å². The van der Waals surface area contributed by atoms with E-state index >= 15 is 0 Å². The Kier molecular flexibility index (Phi) is 5.12. The topological polar surface area (TPSA) is 9.23 Å². The molecule has 0 aromatic rings. The van der Waals surface area contributed by atoms with Crippen molar-refractivity contribution in [1.82, 2.24) is 0 Å². The first-order valence-corrected chi connectivity index (χ1v) is 4.57. The third-order valence-electron chi connectivity index (χ3n) is 1.74. The summed E-state index contributed by atoms with van der Waals surface area (Å²) >= 11 is 0. The second-order valence-corrected chi connectivity index (χ2v) is 3.79. The van der Waals surface area contributed by atoms with Gasteiger partial charge in [0, 0.05) is 6.92 Å². The van der Waals surface area contributed by atoms with Gasteiger partial charge in [0.1, 0.15) is 6.61 Å². The highest BCUT2D eigenvalue weighted by atomic mass is 19.4. The van der Waals surface area contributed by atoms with E-state index in [9.17, 15) is 43.9 Å². The predicted octanol–water partition coefficient (Wildman–Crippen LogP) is 4.18. The molecule has 0 spiro atoms. The van der Waals surface area contributed by atoms with Crippen molar-refractivity contribution < 1.29 is 48.6 Å². The predicted molar refractivity (Wildman–Crippen MR) is 42.0 cm³/mol. The zero-order valence-electron chi connectivity index (χ0n) is 9.18. The number of ether oxygens (including phenoxy) is 1. The molecule has 0 amide bonds. The highest BCUT2D eigenvalue weighted by Gasteiger charge is 2.65. The van der Waals surface area contributed by atoms with Crippen LogP contribution in [0.1, 0.15) is 13.3 Å². The van der Waals surface area contributed by atoms with Crippen molar-refractivity contribution in [1.29, 1.82) is 0 Å². The van der Waals surface area contributed by atoms with E-state index in [1.54, 1.807) is 0 Å². The normalized spacial score (nSPS) is 19.1. The summed E-state index contributed by atoms with van der Waals surface area (Å²) in [5.74, 6) is -9.43. The average molecular weight is 310 g/mol. The summed E-state index contributed by atoms with van der Waals surface area (Å²) in [4.78, 5) is 0. The molecule has 19 heavy (non-hydrogen) atoms. The van der Waals surface area contributed by atoms with Crippen molar-refractivity contribution in [2.75, 3.05) is 6.61 Å². The Labute approximate surface area is 100 Å². The summed E-state index contributed by atoms with van der Waals surface area (Å²) in [6.07, 6.45) is -18.7. The molecule has 0 saturated carbocycles. The monoisotopic (exact) mass is 310 g/mol. The largest absolute Gasteiger partial charge is 0.451 e. The van der Waals surface area contributed by atoms with Gasteiger partial charge in [0.25, 0.3) is 5.92 Å². The van der Waals surface area contributed by atoms with E-state index in [0.29, 0.717) is 0 Å². The molecule has 0 N–H and O–H groups in total. The summed E-state index contributed by atoms with van der Waals surface area (Å²) in [7, 11) is 0. The molecule has 2 atom stereocenters. The summed E-state index contributed by atoms with van der Waals surface area (Å²) in [6, 6.07) is 0. The first-order valence-electron chi connectivity index (χ1n) is 4.57. The van der Waals surface area contributed by atoms with Crippen LogP contribution < -0.4 is 0 Å². The number of hydrogen-bond acceptors (Lipinski definition) is 1. The molecule has 2 unspecified atom stereocenters. The molecule has 1 nitrogen and oxygen atoms in total. The fourth-order valence-electron chi connectivity index (χ4n) is 0.916. The molecule has 0 fully saturated rings. The lowest BCUT2D eigenvalue weighted by molar-refractivity contribution is -0.367. The lowest BCUT2D eigenvalue weighted by Gasteiger charge is -2.31. The number of hydrogen-bond donors (Lipinski definition) is 0. The van der Waals surface area contributed by atoms with Crippen LogP contribution in [-0.2, 0) is 4.74 Å². The quantitative estimate of drug-likeness (QED) is 0.692. The van der Waals surface area contributed by atoms with Crippen LogP contribution >= 0.6 is 0 Å². The number of alkyl halides is 10. The van der Waals surface area contributed by atoms with Crippen LogP contribution in [-0.4, -0.2) is 36.9 Å². The summed E-state index contributed by atoms with van der Waals surface area (Å²) in [5.41, 5.74) is 0. The highest BCUT2D eigenvalue weighted by molar-refractivity contribution is 4.88. The van der Waals surface area contributed by atoms with Crippen molar-refractivity contribution in [3.63, 3.8) is 0 Å². The molecule has 0 aromatic heterocycles. The molecule has 0 aromatic carbocycles. The van der Waals surface area contributed by atoms with Crippen LogP contribution in [0.3, 0.4) is 0 Å². The van der Waals surface area contributed by atoms with Gasteiger partial charge in [0.15, 0.2) is 6.17 Å². The molecule has 0 bridgehead atoms. The zero-order valence-corrected chi connectivity index (χ0v) is 9.18. The Morgan fingerprint density at radius 1 is 0.895 bits per heavy atom. The molecule has 116 valence electrons. The molecule has 0 radical (unpaired) electrons. The molecule has 0 aliphatic heterocycles. The molecule has 0 heterocycles. The Morgan fingerprint density at radius 3 is 1.58 bits per heavy atom. The maximum absolute atomic E-state index is 13.2. The van der Waals surface area contributed by atoms with Gasteiger partial charge in [-0.1, -0.05) is 0 Å². The van der Waals surface area contributed by atoms with Gasteiger partial charge in [0.2, 0.25) is 0 Å². The summed E-state index contributed by atoms with van der Waals surface area (Å²) in [5, 5.41) is 0. The van der Waals surface area contributed by atoms with Crippen molar-refractivity contribution in [3.8, 4) is 0 Å². The molecule has 0 aliphatic rings. The fraction of sp³-hybridized carbons (Fsp3) is 1.00. The van der Waals surface area contributed by atoms with Gasteiger partial charge < -0.3 is 4.74 Å². The molecular weight excluding hydrogens is 302 g/mol. The van der Waals surface area contributed by atoms with E-state index in [2.05, 4.69) is 4.74 Å². The lowest BCUT2D eigenvalue weighted by atomic mass is 10.1. The second kappa shape index (κ2) is 5.33. The van der Waals surface area contributed by atoms with Crippen LogP contribution in [0.25, 0.3) is 0 Å². The number of halogens is 10. The lowest BCUT2D eigenvalue weighted by Crippen LogP contribution is -2.53. The minimum atomic E-state index is -6.23. The summed E-state index contributed by atoms with van der Waals surface area (Å²) in [6.45, 7) is -2.19. The molecule has 11 heteroatoms. The SMILES string of the molecule is CC(F)(F)COC(F)(C(F)CC(F)(F)F)C(F)(F)F.